The van der Waals surface area contributed by atoms with E-state index in [1.165, 1.54) is 17.0 Å². The smallest absolute Gasteiger partial charge is 0.261 e. The maximum absolute atomic E-state index is 12.5. The molecule has 0 amide bonds. The summed E-state index contributed by atoms with van der Waals surface area (Å²) < 4.78 is 1.25. The molecule has 0 aliphatic carbocycles. The van der Waals surface area contributed by atoms with Gasteiger partial charge in [-0.25, -0.2) is 4.98 Å². The van der Waals surface area contributed by atoms with Gasteiger partial charge in [0.15, 0.2) is 5.78 Å². The van der Waals surface area contributed by atoms with Gasteiger partial charge in [-0.3, -0.25) is 14.2 Å². The van der Waals surface area contributed by atoms with Gasteiger partial charge in [0.2, 0.25) is 0 Å². The molecule has 2 atom stereocenters. The molecule has 2 heterocycles. The molecule has 6 nitrogen and oxygen atoms in total. The first-order chi connectivity index (χ1) is 11.5. The second-order valence-corrected chi connectivity index (χ2v) is 6.24. The number of terminal acetylenes is 1. The Morgan fingerprint density at radius 2 is 2.33 bits per heavy atom. The van der Waals surface area contributed by atoms with Crippen molar-refractivity contribution in [1.29, 1.82) is 0 Å². The van der Waals surface area contributed by atoms with Gasteiger partial charge in [-0.05, 0) is 25.1 Å². The zero-order valence-corrected chi connectivity index (χ0v) is 13.6. The number of fused-ring (bicyclic) bond motifs is 1. The third-order valence-electron chi connectivity index (χ3n) is 4.17. The van der Waals surface area contributed by atoms with Crippen molar-refractivity contribution < 1.29 is 9.90 Å². The van der Waals surface area contributed by atoms with Crippen LogP contribution in [0.15, 0.2) is 23.3 Å². The van der Waals surface area contributed by atoms with Crippen LogP contribution in [0.5, 0.6) is 0 Å². The van der Waals surface area contributed by atoms with E-state index in [-0.39, 0.29) is 30.3 Å². The fourth-order valence-electron chi connectivity index (χ4n) is 2.86. The van der Waals surface area contributed by atoms with Crippen molar-refractivity contribution in [1.82, 2.24) is 14.9 Å². The zero-order valence-electron chi connectivity index (χ0n) is 12.8. The summed E-state index contributed by atoms with van der Waals surface area (Å²) in [5, 5.41) is 13.4. The number of hydrogen-bond acceptors (Lipinski definition) is 5. The van der Waals surface area contributed by atoms with E-state index >= 15 is 0 Å². The molecule has 1 aliphatic heterocycles. The van der Waals surface area contributed by atoms with Gasteiger partial charge in [0.25, 0.3) is 5.56 Å². The molecule has 0 bridgehead atoms. The average Bonchev–Trinajstić information content (AvgIpc) is 2.95. The minimum absolute atomic E-state index is 0.0960. The highest BCUT2D eigenvalue weighted by molar-refractivity contribution is 6.32. The maximum Gasteiger partial charge on any atom is 0.261 e. The number of hydrogen-bond donors (Lipinski definition) is 2. The van der Waals surface area contributed by atoms with Gasteiger partial charge in [0.05, 0.1) is 34.9 Å². The molecule has 3 rings (SSSR count). The van der Waals surface area contributed by atoms with Crippen LogP contribution < -0.4 is 10.9 Å². The van der Waals surface area contributed by atoms with Gasteiger partial charge in [-0.1, -0.05) is 17.5 Å². The molecule has 0 saturated carbocycles. The molecule has 0 spiro atoms. The van der Waals surface area contributed by atoms with Crippen LogP contribution in [-0.4, -0.2) is 39.1 Å². The van der Waals surface area contributed by atoms with Crippen molar-refractivity contribution in [2.45, 2.75) is 31.5 Å². The molecule has 1 aliphatic rings. The predicted molar refractivity (Wildman–Crippen MR) is 91.0 cm³/mol. The summed E-state index contributed by atoms with van der Waals surface area (Å²) in [6.45, 7) is 0.591. The lowest BCUT2D eigenvalue weighted by molar-refractivity contribution is -0.120. The van der Waals surface area contributed by atoms with Crippen LogP contribution >= 0.6 is 11.6 Å². The highest BCUT2D eigenvalue weighted by Gasteiger charge is 2.26. The summed E-state index contributed by atoms with van der Waals surface area (Å²) in [5.41, 5.74) is 0.555. The van der Waals surface area contributed by atoms with E-state index < -0.39 is 6.10 Å². The number of nitrogens with zero attached hydrogens (tertiary/aromatic N) is 2. The van der Waals surface area contributed by atoms with E-state index in [0.717, 1.165) is 0 Å². The van der Waals surface area contributed by atoms with Gasteiger partial charge < -0.3 is 10.4 Å². The number of aliphatic hydroxyl groups is 1. The molecule has 2 N–H and O–H groups in total. The topological polar surface area (TPSA) is 84.2 Å². The molecule has 24 heavy (non-hydrogen) atoms. The number of aliphatic hydroxyl groups excluding tert-OH is 1. The van der Waals surface area contributed by atoms with Crippen LogP contribution in [-0.2, 0) is 11.3 Å². The Kier molecular flexibility index (Phi) is 4.67. The molecule has 0 radical (unpaired) electrons. The summed E-state index contributed by atoms with van der Waals surface area (Å²) in [6.07, 6.45) is 6.95. The minimum atomic E-state index is -0.526. The highest BCUT2D eigenvalue weighted by atomic mass is 35.5. The van der Waals surface area contributed by atoms with E-state index in [1.807, 2.05) is 0 Å². The molecular formula is C17H16ClN3O3. The fraction of sp³-hybridized carbons (Fsp3) is 0.353. The number of ketones is 1. The average molecular weight is 346 g/mol. The van der Waals surface area contributed by atoms with Crippen LogP contribution in [0.25, 0.3) is 10.9 Å². The van der Waals surface area contributed by atoms with Crippen molar-refractivity contribution in [3.8, 4) is 12.3 Å². The van der Waals surface area contributed by atoms with Crippen LogP contribution in [0.2, 0.25) is 5.02 Å². The van der Waals surface area contributed by atoms with Gasteiger partial charge in [-0.15, -0.1) is 6.42 Å². The van der Waals surface area contributed by atoms with E-state index in [9.17, 15) is 14.7 Å². The Hall–Kier alpha value is -2.20. The third-order valence-corrected chi connectivity index (χ3v) is 4.49. The van der Waals surface area contributed by atoms with E-state index in [4.69, 9.17) is 18.0 Å². The Morgan fingerprint density at radius 1 is 1.54 bits per heavy atom. The van der Waals surface area contributed by atoms with Crippen molar-refractivity contribution in [2.24, 2.45) is 0 Å². The van der Waals surface area contributed by atoms with Crippen LogP contribution in [0.3, 0.4) is 0 Å². The van der Waals surface area contributed by atoms with Gasteiger partial charge in [-0.2, -0.15) is 0 Å². The molecule has 7 heteroatoms. The van der Waals surface area contributed by atoms with Crippen LogP contribution in [0.1, 0.15) is 18.4 Å². The SMILES string of the molecule is C#Cc1cc2ncn(CC(=O)CC3NCCC3O)c(=O)c2cc1Cl. The van der Waals surface area contributed by atoms with E-state index in [0.29, 0.717) is 34.5 Å². The van der Waals surface area contributed by atoms with Crippen molar-refractivity contribution in [2.75, 3.05) is 6.54 Å². The summed E-state index contributed by atoms with van der Waals surface area (Å²) in [7, 11) is 0. The molecule has 124 valence electrons. The van der Waals surface area contributed by atoms with Crippen molar-refractivity contribution in [3.63, 3.8) is 0 Å². The quantitative estimate of drug-likeness (QED) is 0.797. The first-order valence-electron chi connectivity index (χ1n) is 7.58. The molecule has 2 unspecified atom stereocenters. The lowest BCUT2D eigenvalue weighted by Crippen LogP contribution is -2.34. The predicted octanol–water partition coefficient (Wildman–Crippen LogP) is 0.713. The Morgan fingerprint density at radius 3 is 3.00 bits per heavy atom. The van der Waals surface area contributed by atoms with Crippen LogP contribution in [0.4, 0.5) is 0 Å². The summed E-state index contributed by atoms with van der Waals surface area (Å²) in [6, 6.07) is 2.79. The number of rotatable bonds is 4. The molecule has 1 fully saturated rings. The lowest BCUT2D eigenvalue weighted by atomic mass is 10.1. The molecular weight excluding hydrogens is 330 g/mol. The third kappa shape index (κ3) is 3.20. The molecule has 1 saturated heterocycles. The number of carbonyl (C=O) groups is 1. The summed E-state index contributed by atoms with van der Waals surface area (Å²) in [5.74, 6) is 2.28. The Bertz CT molecular complexity index is 900. The molecule has 1 aromatic carbocycles. The first kappa shape index (κ1) is 16.7. The summed E-state index contributed by atoms with van der Waals surface area (Å²) >= 11 is 6.04. The van der Waals surface area contributed by atoms with Gasteiger partial charge >= 0.3 is 0 Å². The fourth-order valence-corrected chi connectivity index (χ4v) is 3.08. The zero-order chi connectivity index (χ0) is 17.3. The standard InChI is InChI=1S/C17H16ClN3O3/c1-2-10-5-14-12(7-13(10)18)17(24)21(9-20-14)8-11(22)6-15-16(23)3-4-19-15/h1,5,7,9,15-16,19,23H,3-4,6,8H2. The van der Waals surface area contributed by atoms with E-state index in [2.05, 4.69) is 16.2 Å². The normalized spacial score (nSPS) is 20.2. The number of nitrogens with one attached hydrogen (secondary N) is 1. The van der Waals surface area contributed by atoms with Gasteiger partial charge in [0, 0.05) is 18.0 Å². The minimum Gasteiger partial charge on any atom is -0.391 e. The Balaban J connectivity index is 1.85. The largest absolute Gasteiger partial charge is 0.391 e. The molecule has 2 aromatic rings. The number of carbonyl (C=O) groups excluding carboxylic acids is 1. The van der Waals surface area contributed by atoms with E-state index in [1.54, 1.807) is 6.07 Å². The second-order valence-electron chi connectivity index (χ2n) is 5.83. The van der Waals surface area contributed by atoms with Gasteiger partial charge in [0.1, 0.15) is 0 Å². The number of Topliss-reactive ketones (excluding diaryl/α,β-unsaturated/α-hetero) is 1. The Labute approximate surface area is 143 Å². The highest BCUT2D eigenvalue weighted by Crippen LogP contribution is 2.20. The lowest BCUT2D eigenvalue weighted by Gasteiger charge is -2.14. The number of aromatic nitrogens is 2. The number of halogens is 1. The molecule has 1 aromatic heterocycles. The van der Waals surface area contributed by atoms with Crippen molar-refractivity contribution in [3.05, 3.63) is 39.4 Å². The first-order valence-corrected chi connectivity index (χ1v) is 7.96. The van der Waals surface area contributed by atoms with Crippen LogP contribution in [0, 0.1) is 12.3 Å². The second kappa shape index (κ2) is 6.73. The number of benzene rings is 1. The van der Waals surface area contributed by atoms with Crippen molar-refractivity contribution >= 4 is 28.3 Å². The summed E-state index contributed by atoms with van der Waals surface area (Å²) in [4.78, 5) is 28.9. The monoisotopic (exact) mass is 345 g/mol. The maximum atomic E-state index is 12.5.